The van der Waals surface area contributed by atoms with Crippen LogP contribution in [0.3, 0.4) is 0 Å². The number of carbonyl (C=O) groups excluding carboxylic acids is 7. The predicted molar refractivity (Wildman–Crippen MR) is 303 cm³/mol. The van der Waals surface area contributed by atoms with E-state index in [4.69, 9.17) is 4.74 Å². The maximum atomic E-state index is 14.6. The van der Waals surface area contributed by atoms with Crippen molar-refractivity contribution in [3.63, 3.8) is 0 Å². The summed E-state index contributed by atoms with van der Waals surface area (Å²) in [6.07, 6.45) is 7.92. The molecule has 2 heterocycles. The molecule has 17 nitrogen and oxygen atoms in total. The summed E-state index contributed by atoms with van der Waals surface area (Å²) in [5.74, 6) is -1.59. The molecule has 2 fully saturated rings. The summed E-state index contributed by atoms with van der Waals surface area (Å²) in [5, 5.41) is 21.4. The van der Waals surface area contributed by atoms with Crippen molar-refractivity contribution in [2.75, 3.05) is 27.2 Å². The van der Waals surface area contributed by atoms with Crippen molar-refractivity contribution in [1.29, 1.82) is 0 Å². The fourth-order valence-corrected chi connectivity index (χ4v) is 11.4. The van der Waals surface area contributed by atoms with Gasteiger partial charge in [0.1, 0.15) is 36.5 Å². The number of hydrogen-bond donors (Lipinski definition) is 7. The van der Waals surface area contributed by atoms with Gasteiger partial charge >= 0.3 is 0 Å². The molecule has 79 heavy (non-hydrogen) atoms. The highest BCUT2D eigenvalue weighted by molar-refractivity contribution is 5.97. The van der Waals surface area contributed by atoms with Gasteiger partial charge in [-0.3, -0.25) is 33.6 Å². The number of carbonyl (C=O) groups is 7. The van der Waals surface area contributed by atoms with Gasteiger partial charge in [-0.25, -0.2) is 0 Å². The maximum absolute atomic E-state index is 14.6. The van der Waals surface area contributed by atoms with Crippen LogP contribution in [0.1, 0.15) is 142 Å². The molecule has 4 aromatic carbocycles. The Labute approximate surface area is 465 Å². The van der Waals surface area contributed by atoms with Gasteiger partial charge < -0.3 is 51.8 Å². The summed E-state index contributed by atoms with van der Waals surface area (Å²) in [7, 11) is 3.36. The van der Waals surface area contributed by atoms with E-state index in [1.165, 1.54) is 16.0 Å². The third-order valence-electron chi connectivity index (χ3n) is 16.3. The number of amides is 7. The van der Waals surface area contributed by atoms with Crippen LogP contribution in [0.15, 0.2) is 97.1 Å². The molecule has 2 aliphatic heterocycles. The Hall–Kier alpha value is -7.11. The van der Waals surface area contributed by atoms with Gasteiger partial charge in [-0.15, -0.1) is 0 Å². The van der Waals surface area contributed by atoms with E-state index in [-0.39, 0.29) is 73.5 Å². The second-order valence-corrected chi connectivity index (χ2v) is 23.0. The third kappa shape index (κ3) is 14.4. The summed E-state index contributed by atoms with van der Waals surface area (Å²) >= 11 is 0. The minimum atomic E-state index is -0.941. The molecule has 5 unspecified atom stereocenters. The van der Waals surface area contributed by atoms with E-state index in [1.807, 2.05) is 87.5 Å². The van der Waals surface area contributed by atoms with Crippen LogP contribution in [0.5, 0.6) is 5.75 Å². The number of ether oxygens (including phenoxy) is 1. The minimum Gasteiger partial charge on any atom is -0.489 e. The first-order valence-electron chi connectivity index (χ1n) is 28.4. The van der Waals surface area contributed by atoms with E-state index in [9.17, 15) is 33.6 Å². The molecule has 7 amide bonds. The SMILES string of the molecule is CNC(C)C(=O)NC(Cc1ccc(OCc2ccc(C(=O)N[C@H]3C[C@@H](C(=O)N[C@@H]4CCCc5ccccc54)N(C(=O)C(NC(=O)C(C)NC)C(C)(C)C)C3)cc2)cc1)C(=O)N1CCCCC1C(=O)N[C@@H]1CCCc2ccccc21. The highest BCUT2D eigenvalue weighted by atomic mass is 16.5. The van der Waals surface area contributed by atoms with Crippen molar-refractivity contribution in [1.82, 2.24) is 47.0 Å². The molecule has 0 bridgehead atoms. The van der Waals surface area contributed by atoms with Crippen molar-refractivity contribution in [2.24, 2.45) is 5.41 Å². The van der Waals surface area contributed by atoms with E-state index in [2.05, 4.69) is 55.4 Å². The van der Waals surface area contributed by atoms with E-state index in [1.54, 1.807) is 45.0 Å². The minimum absolute atomic E-state index is 0.0773. The average molecular weight is 1080 g/mol. The lowest BCUT2D eigenvalue weighted by molar-refractivity contribution is -0.145. The topological polar surface area (TPSA) is 219 Å². The van der Waals surface area contributed by atoms with Crippen molar-refractivity contribution >= 4 is 41.4 Å². The van der Waals surface area contributed by atoms with Crippen LogP contribution < -0.4 is 42.0 Å². The number of hydrogen-bond acceptors (Lipinski definition) is 10. The normalized spacial score (nSPS) is 21.4. The lowest BCUT2D eigenvalue weighted by Crippen LogP contribution is -2.59. The van der Waals surface area contributed by atoms with Gasteiger partial charge in [-0.05, 0) is 155 Å². The van der Waals surface area contributed by atoms with Gasteiger partial charge in [0.15, 0.2) is 0 Å². The fraction of sp³-hybridized carbons (Fsp3) is 0.500. The van der Waals surface area contributed by atoms with Crippen LogP contribution in [-0.4, -0.2) is 121 Å². The fourth-order valence-electron chi connectivity index (χ4n) is 11.4. The van der Waals surface area contributed by atoms with Crippen molar-refractivity contribution in [3.05, 3.63) is 136 Å². The number of fused-ring (bicyclic) bond motifs is 2. The highest BCUT2D eigenvalue weighted by Crippen LogP contribution is 2.33. The zero-order valence-electron chi connectivity index (χ0n) is 47.0. The Morgan fingerprint density at radius 2 is 1.16 bits per heavy atom. The van der Waals surface area contributed by atoms with E-state index in [0.29, 0.717) is 24.3 Å². The van der Waals surface area contributed by atoms with Crippen LogP contribution in [0, 0.1) is 5.41 Å². The Morgan fingerprint density at radius 3 is 1.75 bits per heavy atom. The van der Waals surface area contributed by atoms with Gasteiger partial charge in [0.25, 0.3) is 5.91 Å². The van der Waals surface area contributed by atoms with Gasteiger partial charge in [-0.1, -0.05) is 93.6 Å². The van der Waals surface area contributed by atoms with E-state index in [0.717, 1.165) is 73.6 Å². The Kier molecular flexibility index (Phi) is 19.3. The Bertz CT molecular complexity index is 2820. The van der Waals surface area contributed by atoms with Crippen LogP contribution in [-0.2, 0) is 54.6 Å². The summed E-state index contributed by atoms with van der Waals surface area (Å²) in [6.45, 7) is 9.76. The lowest BCUT2D eigenvalue weighted by atomic mass is 9.85. The number of aryl methyl sites for hydroxylation is 2. The first kappa shape index (κ1) is 58.0. The maximum Gasteiger partial charge on any atom is 0.251 e. The predicted octanol–water partition coefficient (Wildman–Crippen LogP) is 5.51. The zero-order chi connectivity index (χ0) is 56.4. The number of piperidine rings is 1. The van der Waals surface area contributed by atoms with Gasteiger partial charge in [0.2, 0.25) is 35.4 Å². The number of nitrogens with one attached hydrogen (secondary N) is 7. The summed E-state index contributed by atoms with van der Waals surface area (Å²) in [6, 6.07) is 25.3. The second-order valence-electron chi connectivity index (χ2n) is 23.0. The molecule has 0 spiro atoms. The quantitative estimate of drug-likeness (QED) is 0.0625. The molecule has 7 N–H and O–H groups in total. The molecule has 17 heteroatoms. The van der Waals surface area contributed by atoms with Crippen LogP contribution in [0.2, 0.25) is 0 Å². The molecule has 9 atom stereocenters. The average Bonchev–Trinajstić information content (AvgIpc) is 4.06. The molecular formula is C62H81N9O8. The van der Waals surface area contributed by atoms with Crippen LogP contribution in [0.25, 0.3) is 0 Å². The highest BCUT2D eigenvalue weighted by Gasteiger charge is 2.46. The van der Waals surface area contributed by atoms with Crippen LogP contribution >= 0.6 is 0 Å². The van der Waals surface area contributed by atoms with Crippen molar-refractivity contribution in [3.8, 4) is 5.75 Å². The molecule has 0 saturated carbocycles. The van der Waals surface area contributed by atoms with Gasteiger partial charge in [-0.2, -0.15) is 0 Å². The molecule has 2 aliphatic carbocycles. The van der Waals surface area contributed by atoms with Gasteiger partial charge in [0, 0.05) is 31.1 Å². The number of likely N-dealkylation sites (tertiary alicyclic amines) is 2. The number of benzene rings is 4. The first-order valence-corrected chi connectivity index (χ1v) is 28.4. The number of rotatable bonds is 19. The smallest absolute Gasteiger partial charge is 0.251 e. The monoisotopic (exact) mass is 1080 g/mol. The van der Waals surface area contributed by atoms with Crippen molar-refractivity contribution < 1.29 is 38.3 Å². The van der Waals surface area contributed by atoms with Crippen molar-refractivity contribution in [2.45, 2.75) is 166 Å². The molecule has 0 radical (unpaired) electrons. The molecule has 4 aliphatic rings. The number of nitrogens with zero attached hydrogens (tertiary/aromatic N) is 2. The largest absolute Gasteiger partial charge is 0.489 e. The van der Waals surface area contributed by atoms with E-state index < -0.39 is 53.6 Å². The molecule has 422 valence electrons. The molecule has 4 aromatic rings. The second kappa shape index (κ2) is 26.2. The summed E-state index contributed by atoms with van der Waals surface area (Å²) < 4.78 is 6.16. The molecule has 2 saturated heterocycles. The number of likely N-dealkylation sites (N-methyl/N-ethyl adjacent to an activating group) is 2. The van der Waals surface area contributed by atoms with Crippen LogP contribution in [0.4, 0.5) is 0 Å². The Balaban J connectivity index is 0.892. The lowest BCUT2D eigenvalue weighted by Gasteiger charge is -2.38. The summed E-state index contributed by atoms with van der Waals surface area (Å²) in [5.41, 5.74) is 5.94. The molecule has 8 rings (SSSR count). The standard InChI is InChI=1S/C62H81N9O8/c1-38(63-6)55(72)68-51(60(77)70-33-13-12-24-52(70)58(75)66-49-22-14-18-42-16-8-10-20-47(42)49)34-40-27-31-46(32-28-40)79-37-41-25-29-44(30-26-41)57(74)65-45-35-53(59(76)67-50-23-15-19-43-17-9-11-21-48(43)50)71(36-45)61(78)54(62(3,4)5)69-56(73)39(2)64-7/h8-11,16-17,20-21,25-32,38-39,45,49-54,63-64H,12-15,18-19,22-24,33-37H2,1-7H3,(H,65,74)(H,66,75)(H,67,76)(H,68,72)(H,69,73)/t38?,39?,45-,49+,50+,51?,52?,53-,54?/m0/s1. The zero-order valence-corrected chi connectivity index (χ0v) is 47.0. The Morgan fingerprint density at radius 1 is 0.608 bits per heavy atom. The van der Waals surface area contributed by atoms with E-state index >= 15 is 0 Å². The molecule has 0 aromatic heterocycles. The summed E-state index contributed by atoms with van der Waals surface area (Å²) in [4.78, 5) is 101. The molecular weight excluding hydrogens is 999 g/mol. The first-order chi connectivity index (χ1) is 37.9. The van der Waals surface area contributed by atoms with Gasteiger partial charge in [0.05, 0.1) is 24.2 Å². The third-order valence-corrected chi connectivity index (χ3v) is 16.3.